The third-order valence-electron chi connectivity index (χ3n) is 3.55. The summed E-state index contributed by atoms with van der Waals surface area (Å²) in [7, 11) is 1.68. The monoisotopic (exact) mass is 301 g/mol. The standard InChI is InChI=1S/C12H19N3O4S/c1-19-5-4-12(2-3-12)8-15-9(6-16)13-14-11(15)20-7-10(17)18/h16H,2-8H2,1H3,(H,17,18). The summed E-state index contributed by atoms with van der Waals surface area (Å²) >= 11 is 1.13. The molecule has 0 bridgehead atoms. The predicted molar refractivity (Wildman–Crippen MR) is 72.5 cm³/mol. The fourth-order valence-electron chi connectivity index (χ4n) is 2.15. The molecule has 0 radical (unpaired) electrons. The van der Waals surface area contributed by atoms with E-state index in [4.69, 9.17) is 9.84 Å². The molecule has 1 aromatic rings. The highest BCUT2D eigenvalue weighted by atomic mass is 32.2. The molecule has 1 saturated carbocycles. The number of ether oxygens (including phenoxy) is 1. The predicted octanol–water partition coefficient (Wildman–Crippen LogP) is 0.764. The van der Waals surface area contributed by atoms with E-state index in [0.717, 1.165) is 31.0 Å². The van der Waals surface area contributed by atoms with Crippen LogP contribution in [0.15, 0.2) is 5.16 Å². The Hall–Kier alpha value is -1.12. The fraction of sp³-hybridized carbons (Fsp3) is 0.750. The first-order valence-corrected chi connectivity index (χ1v) is 7.45. The molecule has 2 rings (SSSR count). The lowest BCUT2D eigenvalue weighted by atomic mass is 10.0. The largest absolute Gasteiger partial charge is 0.481 e. The van der Waals surface area contributed by atoms with Gasteiger partial charge >= 0.3 is 5.97 Å². The van der Waals surface area contributed by atoms with E-state index in [0.29, 0.717) is 24.1 Å². The molecule has 0 amide bonds. The number of carboxylic acids is 1. The van der Waals surface area contributed by atoms with Crippen LogP contribution in [-0.2, 0) is 22.7 Å². The van der Waals surface area contributed by atoms with Crippen molar-refractivity contribution in [2.75, 3.05) is 19.5 Å². The van der Waals surface area contributed by atoms with Gasteiger partial charge in [-0.3, -0.25) is 4.79 Å². The highest BCUT2D eigenvalue weighted by Gasteiger charge is 2.43. The number of thioether (sulfide) groups is 1. The van der Waals surface area contributed by atoms with Crippen molar-refractivity contribution < 1.29 is 19.7 Å². The van der Waals surface area contributed by atoms with Crippen LogP contribution in [0.1, 0.15) is 25.1 Å². The number of aliphatic hydroxyl groups is 1. The molecule has 8 heteroatoms. The van der Waals surface area contributed by atoms with Crippen molar-refractivity contribution in [1.82, 2.24) is 14.8 Å². The Labute approximate surface area is 121 Å². The molecule has 0 aromatic carbocycles. The van der Waals surface area contributed by atoms with Crippen molar-refractivity contribution in [3.63, 3.8) is 0 Å². The van der Waals surface area contributed by atoms with Crippen molar-refractivity contribution in [3.8, 4) is 0 Å². The van der Waals surface area contributed by atoms with E-state index < -0.39 is 5.97 Å². The number of aliphatic hydroxyl groups excluding tert-OH is 1. The van der Waals surface area contributed by atoms with Gasteiger partial charge in [0, 0.05) is 20.3 Å². The van der Waals surface area contributed by atoms with Gasteiger partial charge in [-0.25, -0.2) is 0 Å². The number of nitrogens with zero attached hydrogens (tertiary/aromatic N) is 3. The summed E-state index contributed by atoms with van der Waals surface area (Å²) in [6, 6.07) is 0. The van der Waals surface area contributed by atoms with Gasteiger partial charge in [-0.05, 0) is 24.7 Å². The summed E-state index contributed by atoms with van der Waals surface area (Å²) < 4.78 is 6.97. The summed E-state index contributed by atoms with van der Waals surface area (Å²) in [6.07, 6.45) is 3.18. The van der Waals surface area contributed by atoms with Gasteiger partial charge in [0.2, 0.25) is 0 Å². The van der Waals surface area contributed by atoms with Crippen LogP contribution in [0.3, 0.4) is 0 Å². The summed E-state index contributed by atoms with van der Waals surface area (Å²) in [5.74, 6) is -0.466. The molecule has 0 unspecified atom stereocenters. The molecule has 20 heavy (non-hydrogen) atoms. The quantitative estimate of drug-likeness (QED) is 0.650. The molecule has 1 aliphatic rings. The van der Waals surface area contributed by atoms with Crippen LogP contribution in [0.5, 0.6) is 0 Å². The van der Waals surface area contributed by atoms with E-state index in [2.05, 4.69) is 10.2 Å². The number of aliphatic carboxylic acids is 1. The number of hydrogen-bond donors (Lipinski definition) is 2. The van der Waals surface area contributed by atoms with Crippen LogP contribution in [0.2, 0.25) is 0 Å². The van der Waals surface area contributed by atoms with E-state index in [1.807, 2.05) is 4.57 Å². The molecular formula is C12H19N3O4S. The van der Waals surface area contributed by atoms with Crippen molar-refractivity contribution in [1.29, 1.82) is 0 Å². The van der Waals surface area contributed by atoms with Crippen molar-refractivity contribution in [3.05, 3.63) is 5.82 Å². The molecule has 0 atom stereocenters. The number of aromatic nitrogens is 3. The molecule has 7 nitrogen and oxygen atoms in total. The molecule has 1 heterocycles. The zero-order valence-corrected chi connectivity index (χ0v) is 12.2. The Bertz CT molecular complexity index is 473. The lowest BCUT2D eigenvalue weighted by Gasteiger charge is -2.17. The minimum Gasteiger partial charge on any atom is -0.481 e. The molecule has 1 aliphatic carbocycles. The van der Waals surface area contributed by atoms with Gasteiger partial charge in [0.15, 0.2) is 11.0 Å². The van der Waals surface area contributed by atoms with E-state index >= 15 is 0 Å². The first-order valence-electron chi connectivity index (χ1n) is 6.47. The Morgan fingerprint density at radius 2 is 2.25 bits per heavy atom. The molecule has 1 fully saturated rings. The number of rotatable bonds is 9. The lowest BCUT2D eigenvalue weighted by Crippen LogP contribution is -2.17. The smallest absolute Gasteiger partial charge is 0.313 e. The first-order chi connectivity index (χ1) is 9.60. The van der Waals surface area contributed by atoms with Gasteiger partial charge in [0.1, 0.15) is 6.61 Å². The summed E-state index contributed by atoms with van der Waals surface area (Å²) in [6.45, 7) is 1.22. The highest BCUT2D eigenvalue weighted by molar-refractivity contribution is 7.99. The maximum absolute atomic E-state index is 10.7. The van der Waals surface area contributed by atoms with E-state index in [-0.39, 0.29) is 17.8 Å². The third-order valence-corrected chi connectivity index (χ3v) is 4.50. The van der Waals surface area contributed by atoms with Crippen LogP contribution in [0.4, 0.5) is 0 Å². The summed E-state index contributed by atoms with van der Waals surface area (Å²) in [5, 5.41) is 26.5. The highest BCUT2D eigenvalue weighted by Crippen LogP contribution is 2.50. The molecule has 0 spiro atoms. The first kappa shape index (κ1) is 15.3. The SMILES string of the molecule is COCCC1(Cn2c(CO)nnc2SCC(=O)O)CC1. The second kappa shape index (κ2) is 6.55. The zero-order chi connectivity index (χ0) is 14.6. The second-order valence-corrected chi connectivity index (χ2v) is 6.01. The van der Waals surface area contributed by atoms with Crippen LogP contribution < -0.4 is 0 Å². The lowest BCUT2D eigenvalue weighted by molar-refractivity contribution is -0.133. The van der Waals surface area contributed by atoms with Crippen LogP contribution in [0, 0.1) is 5.41 Å². The minimum atomic E-state index is -0.893. The van der Waals surface area contributed by atoms with Crippen molar-refractivity contribution >= 4 is 17.7 Å². The molecule has 112 valence electrons. The molecule has 2 N–H and O–H groups in total. The molecule has 0 aliphatic heterocycles. The van der Waals surface area contributed by atoms with E-state index in [1.165, 1.54) is 0 Å². The maximum Gasteiger partial charge on any atom is 0.313 e. The summed E-state index contributed by atoms with van der Waals surface area (Å²) in [4.78, 5) is 10.7. The van der Waals surface area contributed by atoms with E-state index in [9.17, 15) is 9.90 Å². The van der Waals surface area contributed by atoms with Gasteiger partial charge in [-0.15, -0.1) is 10.2 Å². The fourth-order valence-corrected chi connectivity index (χ4v) is 2.82. The molecule has 0 saturated heterocycles. The third kappa shape index (κ3) is 3.71. The van der Waals surface area contributed by atoms with Gasteiger partial charge in [-0.2, -0.15) is 0 Å². The van der Waals surface area contributed by atoms with Gasteiger partial charge in [-0.1, -0.05) is 11.8 Å². The number of carbonyl (C=O) groups is 1. The Kier molecular flexibility index (Phi) is 5.00. The number of methoxy groups -OCH3 is 1. The normalized spacial score (nSPS) is 16.3. The topological polar surface area (TPSA) is 97.5 Å². The number of hydrogen-bond acceptors (Lipinski definition) is 6. The van der Waals surface area contributed by atoms with Crippen molar-refractivity contribution in [2.24, 2.45) is 5.41 Å². The molecule has 1 aromatic heterocycles. The Morgan fingerprint density at radius 1 is 1.50 bits per heavy atom. The van der Waals surface area contributed by atoms with Crippen LogP contribution in [-0.4, -0.2) is 50.4 Å². The Balaban J connectivity index is 2.08. The van der Waals surface area contributed by atoms with Gasteiger partial charge < -0.3 is 19.5 Å². The van der Waals surface area contributed by atoms with E-state index in [1.54, 1.807) is 7.11 Å². The van der Waals surface area contributed by atoms with Crippen LogP contribution in [0.25, 0.3) is 0 Å². The Morgan fingerprint density at radius 3 is 2.80 bits per heavy atom. The average molecular weight is 301 g/mol. The van der Waals surface area contributed by atoms with Gasteiger partial charge in [0.25, 0.3) is 0 Å². The minimum absolute atomic E-state index is 0.0609. The van der Waals surface area contributed by atoms with Crippen molar-refractivity contribution in [2.45, 2.75) is 37.6 Å². The number of carboxylic acid groups (broad SMARTS) is 1. The van der Waals surface area contributed by atoms with Gasteiger partial charge in [0.05, 0.1) is 5.75 Å². The zero-order valence-electron chi connectivity index (χ0n) is 11.4. The van der Waals surface area contributed by atoms with Crippen LogP contribution >= 0.6 is 11.8 Å². The second-order valence-electron chi connectivity index (χ2n) is 5.07. The molecular weight excluding hydrogens is 282 g/mol. The average Bonchev–Trinajstić information content (AvgIpc) is 3.08. The summed E-state index contributed by atoms with van der Waals surface area (Å²) in [5.41, 5.74) is 0.181. The maximum atomic E-state index is 10.7.